The summed E-state index contributed by atoms with van der Waals surface area (Å²) in [5.41, 5.74) is 0.119. The van der Waals surface area contributed by atoms with E-state index in [1.165, 1.54) is 6.42 Å². The Bertz CT molecular complexity index is 632. The Morgan fingerprint density at radius 2 is 1.64 bits per heavy atom. The number of aliphatic carboxylic acids is 2. The summed E-state index contributed by atoms with van der Waals surface area (Å²) < 4.78 is 0. The number of aliphatic hydroxyl groups excluding tert-OH is 1. The van der Waals surface area contributed by atoms with E-state index in [0.29, 0.717) is 36.0 Å². The molecular weight excluding hydrogens is 356 g/mol. The first-order valence-corrected chi connectivity index (χ1v) is 11.3. The smallest absolute Gasteiger partial charge is 0.303 e. The fourth-order valence-corrected chi connectivity index (χ4v) is 8.54. The monoisotopic (exact) mass is 392 g/mol. The predicted octanol–water partition coefficient (Wildman–Crippen LogP) is 4.18. The number of aliphatic hydroxyl groups is 1. The average molecular weight is 393 g/mol. The molecule has 4 aliphatic rings. The molecule has 0 radical (unpaired) electrons. The maximum atomic E-state index is 11.4. The van der Waals surface area contributed by atoms with Crippen molar-refractivity contribution in [1.82, 2.24) is 0 Å². The molecule has 0 spiro atoms. The lowest BCUT2D eigenvalue weighted by atomic mass is 9.43. The minimum atomic E-state index is -0.695. The molecule has 2 unspecified atom stereocenters. The number of carbonyl (C=O) groups is 2. The molecule has 0 aromatic rings. The molecule has 28 heavy (non-hydrogen) atoms. The third-order valence-electron chi connectivity index (χ3n) is 9.85. The van der Waals surface area contributed by atoms with Gasteiger partial charge < -0.3 is 15.3 Å². The van der Waals surface area contributed by atoms with Crippen molar-refractivity contribution in [2.45, 2.75) is 77.6 Å². The van der Waals surface area contributed by atoms with Crippen LogP contribution in [0.15, 0.2) is 0 Å². The molecule has 3 N–H and O–H groups in total. The third kappa shape index (κ3) is 3.09. The quantitative estimate of drug-likeness (QED) is 0.652. The fourth-order valence-electron chi connectivity index (χ4n) is 8.54. The fraction of sp³-hybridized carbons (Fsp3) is 0.913. The van der Waals surface area contributed by atoms with E-state index in [2.05, 4.69) is 6.92 Å². The van der Waals surface area contributed by atoms with Crippen LogP contribution < -0.4 is 0 Å². The topological polar surface area (TPSA) is 94.8 Å². The van der Waals surface area contributed by atoms with Gasteiger partial charge in [-0.2, -0.15) is 0 Å². The number of hydrogen-bond donors (Lipinski definition) is 3. The Hall–Kier alpha value is -1.10. The highest BCUT2D eigenvalue weighted by atomic mass is 16.4. The first-order valence-electron chi connectivity index (χ1n) is 11.3. The lowest BCUT2D eigenvalue weighted by molar-refractivity contribution is -0.154. The van der Waals surface area contributed by atoms with Gasteiger partial charge in [0, 0.05) is 19.4 Å². The normalized spacial score (nSPS) is 47.6. The van der Waals surface area contributed by atoms with Gasteiger partial charge in [0.05, 0.1) is 0 Å². The molecule has 0 saturated heterocycles. The van der Waals surface area contributed by atoms with Crippen molar-refractivity contribution >= 4 is 11.9 Å². The molecule has 158 valence electrons. The maximum absolute atomic E-state index is 11.4. The molecule has 5 nitrogen and oxygen atoms in total. The molecule has 0 heterocycles. The molecule has 0 aliphatic heterocycles. The summed E-state index contributed by atoms with van der Waals surface area (Å²) in [5.74, 6) is 1.39. The molecule has 0 amide bonds. The largest absolute Gasteiger partial charge is 0.481 e. The van der Waals surface area contributed by atoms with E-state index >= 15 is 0 Å². The Morgan fingerprint density at radius 1 is 0.893 bits per heavy atom. The SMILES string of the molecule is C[C@]12CC[C@H]3[C@@H](CCC4C[C@@H](CC(=O)O)CC[C@@]43CO)[C@@H]1CCC2CC(=O)O. The molecule has 0 bridgehead atoms. The van der Waals surface area contributed by atoms with E-state index in [1.54, 1.807) is 0 Å². The van der Waals surface area contributed by atoms with E-state index in [4.69, 9.17) is 0 Å². The maximum Gasteiger partial charge on any atom is 0.303 e. The van der Waals surface area contributed by atoms with E-state index in [1.807, 2.05) is 0 Å². The molecular formula is C23H36O5. The van der Waals surface area contributed by atoms with Crippen LogP contribution in [0.5, 0.6) is 0 Å². The van der Waals surface area contributed by atoms with E-state index in [9.17, 15) is 24.9 Å². The average Bonchev–Trinajstić information content (AvgIpc) is 2.97. The second kappa shape index (κ2) is 7.30. The van der Waals surface area contributed by atoms with Gasteiger partial charge in [-0.25, -0.2) is 0 Å². The highest BCUT2D eigenvalue weighted by Crippen LogP contribution is 2.68. The second-order valence-electron chi connectivity index (χ2n) is 10.7. The molecule has 4 rings (SSSR count). The van der Waals surface area contributed by atoms with Gasteiger partial charge in [0.1, 0.15) is 0 Å². The van der Waals surface area contributed by atoms with Gasteiger partial charge in [0.25, 0.3) is 0 Å². The van der Waals surface area contributed by atoms with Gasteiger partial charge in [-0.15, -0.1) is 0 Å². The molecule has 4 fully saturated rings. The van der Waals surface area contributed by atoms with Crippen molar-refractivity contribution < 1.29 is 24.9 Å². The number of rotatable bonds is 5. The van der Waals surface area contributed by atoms with Crippen molar-refractivity contribution in [2.24, 2.45) is 46.3 Å². The van der Waals surface area contributed by atoms with Crippen LogP contribution in [0.3, 0.4) is 0 Å². The Balaban J connectivity index is 1.54. The summed E-state index contributed by atoms with van der Waals surface area (Å²) in [5, 5.41) is 29.1. The zero-order valence-corrected chi connectivity index (χ0v) is 17.1. The minimum absolute atomic E-state index is 0.0237. The lowest BCUT2D eigenvalue weighted by Crippen LogP contribution is -2.56. The third-order valence-corrected chi connectivity index (χ3v) is 9.85. The summed E-state index contributed by atoms with van der Waals surface area (Å²) in [7, 11) is 0. The van der Waals surface area contributed by atoms with Gasteiger partial charge in [-0.1, -0.05) is 6.92 Å². The number of carboxylic acids is 2. The zero-order chi connectivity index (χ0) is 20.1. The summed E-state index contributed by atoms with van der Waals surface area (Å²) in [6.07, 6.45) is 10.1. The molecule has 4 aliphatic carbocycles. The van der Waals surface area contributed by atoms with Gasteiger partial charge in [0.15, 0.2) is 0 Å². The van der Waals surface area contributed by atoms with Crippen LogP contribution in [0.25, 0.3) is 0 Å². The van der Waals surface area contributed by atoms with Crippen LogP contribution in [0.4, 0.5) is 0 Å². The number of carboxylic acid groups (broad SMARTS) is 2. The van der Waals surface area contributed by atoms with Crippen molar-refractivity contribution in [1.29, 1.82) is 0 Å². The Morgan fingerprint density at radius 3 is 2.32 bits per heavy atom. The summed E-state index contributed by atoms with van der Waals surface area (Å²) in [6, 6.07) is 0. The van der Waals surface area contributed by atoms with Gasteiger partial charge >= 0.3 is 11.9 Å². The first kappa shape index (κ1) is 20.2. The van der Waals surface area contributed by atoms with Crippen molar-refractivity contribution in [3.8, 4) is 0 Å². The van der Waals surface area contributed by atoms with Crippen LogP contribution in [-0.4, -0.2) is 33.9 Å². The lowest BCUT2D eigenvalue weighted by Gasteiger charge is -2.61. The summed E-state index contributed by atoms with van der Waals surface area (Å²) >= 11 is 0. The number of fused-ring (bicyclic) bond motifs is 5. The molecule has 0 aromatic carbocycles. The van der Waals surface area contributed by atoms with Crippen LogP contribution in [0, 0.1) is 46.3 Å². The molecule has 5 heteroatoms. The van der Waals surface area contributed by atoms with Gasteiger partial charge in [-0.3, -0.25) is 9.59 Å². The standard InChI is InChI=1S/C23H36O5/c1-22-8-7-19-17(18(22)5-3-15(22)12-21(27)28)4-2-16-10-14(11-20(25)26)6-9-23(16,19)13-24/h14-19,24H,2-13H2,1H3,(H,25,26)(H,27,28)/t14-,15?,16?,17-,18-,19-,22+,23+/m0/s1. The molecule has 8 atom stereocenters. The van der Waals surface area contributed by atoms with Crippen LogP contribution in [-0.2, 0) is 9.59 Å². The highest BCUT2D eigenvalue weighted by Gasteiger charge is 2.61. The van der Waals surface area contributed by atoms with Gasteiger partial charge in [0.2, 0.25) is 0 Å². The zero-order valence-electron chi connectivity index (χ0n) is 17.1. The summed E-state index contributed by atoms with van der Waals surface area (Å²) in [6.45, 7) is 2.58. The predicted molar refractivity (Wildman–Crippen MR) is 105 cm³/mol. The van der Waals surface area contributed by atoms with Crippen molar-refractivity contribution in [3.05, 3.63) is 0 Å². The van der Waals surface area contributed by atoms with E-state index in [0.717, 1.165) is 51.4 Å². The minimum Gasteiger partial charge on any atom is -0.481 e. The van der Waals surface area contributed by atoms with E-state index < -0.39 is 11.9 Å². The Labute approximate surface area is 167 Å². The van der Waals surface area contributed by atoms with E-state index in [-0.39, 0.29) is 29.8 Å². The highest BCUT2D eigenvalue weighted by molar-refractivity contribution is 5.67. The Kier molecular flexibility index (Phi) is 5.26. The van der Waals surface area contributed by atoms with Crippen LogP contribution >= 0.6 is 0 Å². The van der Waals surface area contributed by atoms with Gasteiger partial charge in [-0.05, 0) is 104 Å². The van der Waals surface area contributed by atoms with Crippen LogP contribution in [0.2, 0.25) is 0 Å². The first-order chi connectivity index (χ1) is 13.3. The molecule has 4 saturated carbocycles. The molecule has 0 aromatic heterocycles. The summed E-state index contributed by atoms with van der Waals surface area (Å²) in [4.78, 5) is 22.6. The van der Waals surface area contributed by atoms with Crippen molar-refractivity contribution in [2.75, 3.05) is 6.61 Å². The van der Waals surface area contributed by atoms with Crippen molar-refractivity contribution in [3.63, 3.8) is 0 Å². The second-order valence-corrected chi connectivity index (χ2v) is 10.7. The number of hydrogen-bond acceptors (Lipinski definition) is 3. The van der Waals surface area contributed by atoms with Crippen LogP contribution in [0.1, 0.15) is 77.6 Å².